The first-order valence-electron chi connectivity index (χ1n) is 4.84. The molecular weight excluding hydrogens is 194 g/mol. The number of hydrogen-bond donors (Lipinski definition) is 1. The van der Waals surface area contributed by atoms with E-state index in [2.05, 4.69) is 10.2 Å². The van der Waals surface area contributed by atoms with Gasteiger partial charge in [0.15, 0.2) is 5.82 Å². The van der Waals surface area contributed by atoms with Gasteiger partial charge in [-0.05, 0) is 18.1 Å². The summed E-state index contributed by atoms with van der Waals surface area (Å²) in [6.45, 7) is 4.68. The molecule has 82 valence electrons. The number of nitrogens with zero attached hydrogens (tertiary/aromatic N) is 3. The van der Waals surface area contributed by atoms with Gasteiger partial charge in [-0.2, -0.15) is 5.10 Å². The van der Waals surface area contributed by atoms with Gasteiger partial charge in [-0.1, -0.05) is 13.8 Å². The lowest BCUT2D eigenvalue weighted by atomic mass is 10.2. The largest absolute Gasteiger partial charge is 0.480 e. The molecule has 5 heteroatoms. The van der Waals surface area contributed by atoms with Crippen molar-refractivity contribution in [3.8, 4) is 0 Å². The van der Waals surface area contributed by atoms with Gasteiger partial charge in [0.05, 0.1) is 0 Å². The molecule has 1 rings (SSSR count). The van der Waals surface area contributed by atoms with Crippen molar-refractivity contribution >= 4 is 11.8 Å². The minimum absolute atomic E-state index is 0.0448. The van der Waals surface area contributed by atoms with Gasteiger partial charge in [0.2, 0.25) is 0 Å². The fraction of sp³-hybridized carbons (Fsp3) is 0.500. The fourth-order valence-electron chi connectivity index (χ4n) is 1.31. The van der Waals surface area contributed by atoms with Crippen LogP contribution in [0.1, 0.15) is 13.8 Å². The molecule has 0 radical (unpaired) electrons. The van der Waals surface area contributed by atoms with Crippen LogP contribution in [0.4, 0.5) is 5.82 Å². The third-order valence-corrected chi connectivity index (χ3v) is 1.79. The maximum atomic E-state index is 10.7. The quantitative estimate of drug-likeness (QED) is 0.784. The van der Waals surface area contributed by atoms with Crippen molar-refractivity contribution in [2.75, 3.05) is 18.0 Å². The third kappa shape index (κ3) is 3.93. The molecule has 1 aromatic heterocycles. The van der Waals surface area contributed by atoms with Gasteiger partial charge in [0.1, 0.15) is 6.54 Å². The van der Waals surface area contributed by atoms with Crippen molar-refractivity contribution in [3.63, 3.8) is 0 Å². The summed E-state index contributed by atoms with van der Waals surface area (Å²) in [5.74, 6) is 0.126. The van der Waals surface area contributed by atoms with Crippen molar-refractivity contribution < 1.29 is 9.90 Å². The number of rotatable bonds is 5. The van der Waals surface area contributed by atoms with Crippen LogP contribution in [-0.4, -0.2) is 34.4 Å². The summed E-state index contributed by atoms with van der Waals surface area (Å²) in [4.78, 5) is 12.4. The van der Waals surface area contributed by atoms with Gasteiger partial charge in [-0.25, -0.2) is 0 Å². The lowest BCUT2D eigenvalue weighted by Crippen LogP contribution is -2.33. The van der Waals surface area contributed by atoms with Crippen LogP contribution in [0, 0.1) is 5.92 Å². The van der Waals surface area contributed by atoms with Gasteiger partial charge in [0.25, 0.3) is 0 Å². The third-order valence-electron chi connectivity index (χ3n) is 1.79. The molecule has 1 heterocycles. The standard InChI is InChI=1S/C10H15N3O2/c1-8(2)6-13(7-10(14)15)9-4-3-5-11-12-9/h3-5,8H,6-7H2,1-2H3,(H,14,15). The molecule has 0 fully saturated rings. The number of carboxylic acid groups (broad SMARTS) is 1. The van der Waals surface area contributed by atoms with Crippen molar-refractivity contribution in [1.29, 1.82) is 0 Å². The summed E-state index contributed by atoms with van der Waals surface area (Å²) in [7, 11) is 0. The zero-order valence-electron chi connectivity index (χ0n) is 8.92. The van der Waals surface area contributed by atoms with E-state index in [-0.39, 0.29) is 6.54 Å². The molecule has 0 atom stereocenters. The van der Waals surface area contributed by atoms with E-state index in [9.17, 15) is 4.79 Å². The van der Waals surface area contributed by atoms with E-state index in [0.717, 1.165) is 0 Å². The van der Waals surface area contributed by atoms with Crippen LogP contribution in [0.3, 0.4) is 0 Å². The Hall–Kier alpha value is -1.65. The molecule has 0 unspecified atom stereocenters. The Bertz CT molecular complexity index is 314. The fourth-order valence-corrected chi connectivity index (χ4v) is 1.31. The molecule has 0 saturated carbocycles. The first-order valence-corrected chi connectivity index (χ1v) is 4.84. The molecule has 15 heavy (non-hydrogen) atoms. The highest BCUT2D eigenvalue weighted by Crippen LogP contribution is 2.10. The van der Waals surface area contributed by atoms with Gasteiger partial charge in [-0.15, -0.1) is 5.10 Å². The number of aliphatic carboxylic acids is 1. The maximum absolute atomic E-state index is 10.7. The summed E-state index contributed by atoms with van der Waals surface area (Å²) in [5.41, 5.74) is 0. The SMILES string of the molecule is CC(C)CN(CC(=O)O)c1cccnn1. The molecule has 1 N–H and O–H groups in total. The van der Waals surface area contributed by atoms with E-state index in [1.807, 2.05) is 13.8 Å². The van der Waals surface area contributed by atoms with Crippen LogP contribution in [0.15, 0.2) is 18.3 Å². The molecular formula is C10H15N3O2. The van der Waals surface area contributed by atoms with Gasteiger partial charge in [0, 0.05) is 12.7 Å². The second kappa shape index (κ2) is 5.29. The second-order valence-corrected chi connectivity index (χ2v) is 3.75. The molecule has 0 bridgehead atoms. The van der Waals surface area contributed by atoms with Crippen LogP contribution < -0.4 is 4.90 Å². The van der Waals surface area contributed by atoms with Gasteiger partial charge < -0.3 is 10.0 Å². The van der Waals surface area contributed by atoms with E-state index >= 15 is 0 Å². The van der Waals surface area contributed by atoms with Crippen LogP contribution >= 0.6 is 0 Å². The summed E-state index contributed by atoms with van der Waals surface area (Å²) >= 11 is 0. The minimum atomic E-state index is -0.860. The molecule has 0 saturated heterocycles. The van der Waals surface area contributed by atoms with Crippen LogP contribution in [0.25, 0.3) is 0 Å². The van der Waals surface area contributed by atoms with Gasteiger partial charge >= 0.3 is 5.97 Å². The van der Waals surface area contributed by atoms with Gasteiger partial charge in [-0.3, -0.25) is 4.79 Å². The Morgan fingerprint density at radius 1 is 1.60 bits per heavy atom. The van der Waals surface area contributed by atoms with Crippen LogP contribution in [0.2, 0.25) is 0 Å². The number of anilines is 1. The monoisotopic (exact) mass is 209 g/mol. The average molecular weight is 209 g/mol. The summed E-state index contributed by atoms with van der Waals surface area (Å²) in [6, 6.07) is 3.51. The molecule has 0 spiro atoms. The number of carbonyl (C=O) groups is 1. The lowest BCUT2D eigenvalue weighted by Gasteiger charge is -2.22. The Labute approximate surface area is 88.7 Å². The second-order valence-electron chi connectivity index (χ2n) is 3.75. The number of carboxylic acids is 1. The summed E-state index contributed by atoms with van der Waals surface area (Å²) < 4.78 is 0. The molecule has 0 aliphatic heterocycles. The van der Waals surface area contributed by atoms with Crippen molar-refractivity contribution in [1.82, 2.24) is 10.2 Å². The maximum Gasteiger partial charge on any atom is 0.323 e. The first-order chi connectivity index (χ1) is 7.09. The first kappa shape index (κ1) is 11.4. The van der Waals surface area contributed by atoms with Crippen LogP contribution in [0.5, 0.6) is 0 Å². The molecule has 0 amide bonds. The number of hydrogen-bond acceptors (Lipinski definition) is 4. The Morgan fingerprint density at radius 3 is 2.80 bits per heavy atom. The van der Waals surface area contributed by atoms with E-state index in [4.69, 9.17) is 5.11 Å². The molecule has 5 nitrogen and oxygen atoms in total. The molecule has 0 aliphatic rings. The lowest BCUT2D eigenvalue weighted by molar-refractivity contribution is -0.135. The smallest absolute Gasteiger partial charge is 0.323 e. The molecule has 0 aliphatic carbocycles. The minimum Gasteiger partial charge on any atom is -0.480 e. The van der Waals surface area contributed by atoms with Crippen molar-refractivity contribution in [2.24, 2.45) is 5.92 Å². The predicted molar refractivity (Wildman–Crippen MR) is 56.7 cm³/mol. The zero-order chi connectivity index (χ0) is 11.3. The topological polar surface area (TPSA) is 66.3 Å². The Morgan fingerprint density at radius 2 is 2.33 bits per heavy atom. The van der Waals surface area contributed by atoms with Crippen molar-refractivity contribution in [3.05, 3.63) is 18.3 Å². The highest BCUT2D eigenvalue weighted by Gasteiger charge is 2.13. The summed E-state index contributed by atoms with van der Waals surface area (Å²) in [5, 5.41) is 16.4. The number of aromatic nitrogens is 2. The van der Waals surface area contributed by atoms with E-state index in [1.54, 1.807) is 23.2 Å². The summed E-state index contributed by atoms with van der Waals surface area (Å²) in [6.07, 6.45) is 1.57. The van der Waals surface area contributed by atoms with Crippen molar-refractivity contribution in [2.45, 2.75) is 13.8 Å². The average Bonchev–Trinajstić information content (AvgIpc) is 2.17. The highest BCUT2D eigenvalue weighted by molar-refractivity contribution is 5.73. The normalized spacial score (nSPS) is 10.3. The highest BCUT2D eigenvalue weighted by atomic mass is 16.4. The molecule has 0 aromatic carbocycles. The van der Waals surface area contributed by atoms with Crippen LogP contribution in [-0.2, 0) is 4.79 Å². The Kier molecular flexibility index (Phi) is 4.03. The predicted octanol–water partition coefficient (Wildman–Crippen LogP) is 1.02. The zero-order valence-corrected chi connectivity index (χ0v) is 8.92. The van der Waals surface area contributed by atoms with E-state index < -0.39 is 5.97 Å². The van der Waals surface area contributed by atoms with E-state index in [1.165, 1.54) is 0 Å². The molecule has 1 aromatic rings. The Balaban J connectivity index is 2.76. The van der Waals surface area contributed by atoms with E-state index in [0.29, 0.717) is 18.3 Å².